The summed E-state index contributed by atoms with van der Waals surface area (Å²) in [5.74, 6) is -0.114. The molecule has 0 bridgehead atoms. The van der Waals surface area contributed by atoms with Crippen LogP contribution in [-0.2, 0) is 14.8 Å². The van der Waals surface area contributed by atoms with E-state index in [4.69, 9.17) is 16.0 Å². The molecule has 0 radical (unpaired) electrons. The number of sulfonamides is 1. The lowest BCUT2D eigenvalue weighted by molar-refractivity contribution is -0.115. The summed E-state index contributed by atoms with van der Waals surface area (Å²) < 4.78 is 33.2. The van der Waals surface area contributed by atoms with Gasteiger partial charge in [0.05, 0.1) is 9.80 Å². The second kappa shape index (κ2) is 8.12. The highest BCUT2D eigenvalue weighted by molar-refractivity contribution is 8.18. The van der Waals surface area contributed by atoms with Crippen molar-refractivity contribution >= 4 is 61.6 Å². The molecule has 31 heavy (non-hydrogen) atoms. The van der Waals surface area contributed by atoms with Crippen LogP contribution in [-0.4, -0.2) is 30.6 Å². The highest BCUT2D eigenvalue weighted by Crippen LogP contribution is 2.36. The van der Waals surface area contributed by atoms with Crippen LogP contribution in [0.3, 0.4) is 0 Å². The van der Waals surface area contributed by atoms with Crippen molar-refractivity contribution in [2.24, 2.45) is 0 Å². The number of rotatable bonds is 5. The van der Waals surface area contributed by atoms with Crippen LogP contribution in [0.15, 0.2) is 50.9 Å². The quantitative estimate of drug-likeness (QED) is 0.529. The molecule has 1 aliphatic heterocycles. The van der Waals surface area contributed by atoms with Gasteiger partial charge in [0.2, 0.25) is 10.0 Å². The van der Waals surface area contributed by atoms with E-state index in [2.05, 4.69) is 15.0 Å². The van der Waals surface area contributed by atoms with E-state index in [1.54, 1.807) is 38.4 Å². The number of benzene rings is 1. The number of halogens is 1. The number of carbonyl (C=O) groups is 2. The molecule has 1 saturated heterocycles. The predicted molar refractivity (Wildman–Crippen MR) is 119 cm³/mol. The SMILES string of the molecule is CC(C)NS(=O)(=O)c1ccc(-c2cncc3cc(C=C4SC(=O)NC4=O)oc23)c(Cl)c1. The molecule has 2 aromatic heterocycles. The standard InChI is InChI=1S/C20H16ClN3O5S2/c1-10(2)24-31(27,28)13-3-4-14(16(21)7-13)15-9-22-8-11-5-12(29-18(11)15)6-17-19(25)23-20(26)30-17/h3-10,24H,1-2H3,(H,23,25,26). The van der Waals surface area contributed by atoms with Gasteiger partial charge in [-0.15, -0.1) is 0 Å². The molecule has 8 nitrogen and oxygen atoms in total. The van der Waals surface area contributed by atoms with Crippen LogP contribution < -0.4 is 10.0 Å². The van der Waals surface area contributed by atoms with Gasteiger partial charge in [0.25, 0.3) is 11.1 Å². The van der Waals surface area contributed by atoms with Gasteiger partial charge >= 0.3 is 0 Å². The van der Waals surface area contributed by atoms with Crippen LogP contribution in [0, 0.1) is 0 Å². The molecule has 160 valence electrons. The van der Waals surface area contributed by atoms with Gasteiger partial charge in [0.15, 0.2) is 0 Å². The van der Waals surface area contributed by atoms with Crippen molar-refractivity contribution in [3.8, 4) is 11.1 Å². The number of pyridine rings is 1. The minimum absolute atomic E-state index is 0.0499. The smallest absolute Gasteiger partial charge is 0.290 e. The van der Waals surface area contributed by atoms with Crippen LogP contribution in [0.2, 0.25) is 5.02 Å². The van der Waals surface area contributed by atoms with Crippen molar-refractivity contribution in [1.82, 2.24) is 15.0 Å². The first kappa shape index (κ1) is 21.6. The maximum Gasteiger partial charge on any atom is 0.290 e. The second-order valence-electron chi connectivity index (χ2n) is 7.02. The van der Waals surface area contributed by atoms with Crippen molar-refractivity contribution in [3.05, 3.63) is 52.3 Å². The third-order valence-corrected chi connectivity index (χ3v) is 7.07. The number of aromatic nitrogens is 1. The Morgan fingerprint density at radius 1 is 1.19 bits per heavy atom. The maximum absolute atomic E-state index is 12.4. The van der Waals surface area contributed by atoms with Crippen molar-refractivity contribution in [3.63, 3.8) is 0 Å². The molecule has 0 saturated carbocycles. The number of nitrogens with one attached hydrogen (secondary N) is 2. The molecular weight excluding hydrogens is 462 g/mol. The van der Waals surface area contributed by atoms with Gasteiger partial charge in [-0.25, -0.2) is 13.1 Å². The molecule has 2 N–H and O–H groups in total. The van der Waals surface area contributed by atoms with Crippen molar-refractivity contribution in [2.75, 3.05) is 0 Å². The van der Waals surface area contributed by atoms with Crippen molar-refractivity contribution in [2.45, 2.75) is 24.8 Å². The third kappa shape index (κ3) is 4.38. The van der Waals surface area contributed by atoms with Crippen LogP contribution in [0.25, 0.3) is 28.2 Å². The molecule has 1 fully saturated rings. The maximum atomic E-state index is 12.4. The summed E-state index contributed by atoms with van der Waals surface area (Å²) in [6.07, 6.45) is 4.63. The summed E-state index contributed by atoms with van der Waals surface area (Å²) in [6.45, 7) is 3.46. The van der Waals surface area contributed by atoms with Gasteiger partial charge in [-0.2, -0.15) is 0 Å². The molecule has 3 heterocycles. The summed E-state index contributed by atoms with van der Waals surface area (Å²) >= 11 is 7.21. The number of nitrogens with zero attached hydrogens (tertiary/aromatic N) is 1. The first-order valence-electron chi connectivity index (χ1n) is 9.09. The number of hydrogen-bond donors (Lipinski definition) is 2. The lowest BCUT2D eigenvalue weighted by Crippen LogP contribution is -2.30. The lowest BCUT2D eigenvalue weighted by Gasteiger charge is -2.11. The Balaban J connectivity index is 1.75. The lowest BCUT2D eigenvalue weighted by atomic mass is 10.1. The van der Waals surface area contributed by atoms with Gasteiger partial charge in [-0.05, 0) is 43.8 Å². The zero-order valence-corrected chi connectivity index (χ0v) is 18.7. The van der Waals surface area contributed by atoms with E-state index < -0.39 is 21.2 Å². The first-order chi connectivity index (χ1) is 14.6. The predicted octanol–water partition coefficient (Wildman–Crippen LogP) is 4.16. The average molecular weight is 478 g/mol. The topological polar surface area (TPSA) is 118 Å². The summed E-state index contributed by atoms with van der Waals surface area (Å²) in [7, 11) is -3.69. The minimum Gasteiger partial charge on any atom is -0.456 e. The fourth-order valence-corrected chi connectivity index (χ4v) is 5.34. The largest absolute Gasteiger partial charge is 0.456 e. The molecule has 0 unspecified atom stereocenters. The van der Waals surface area contributed by atoms with E-state index in [9.17, 15) is 18.0 Å². The summed E-state index contributed by atoms with van der Waals surface area (Å²) in [5, 5.41) is 2.62. The highest BCUT2D eigenvalue weighted by Gasteiger charge is 2.26. The summed E-state index contributed by atoms with van der Waals surface area (Å²) in [4.78, 5) is 27.6. The Hall–Kier alpha value is -2.66. The van der Waals surface area contributed by atoms with E-state index in [0.29, 0.717) is 27.9 Å². The Kier molecular flexibility index (Phi) is 5.65. The van der Waals surface area contributed by atoms with Gasteiger partial charge in [-0.1, -0.05) is 17.7 Å². The molecule has 0 atom stereocenters. The number of amides is 2. The molecular formula is C20H16ClN3O5S2. The van der Waals surface area contributed by atoms with Crippen LogP contribution in [0.4, 0.5) is 4.79 Å². The molecule has 0 aliphatic carbocycles. The van der Waals surface area contributed by atoms with Crippen LogP contribution in [0.1, 0.15) is 19.6 Å². The average Bonchev–Trinajstić information content (AvgIpc) is 3.22. The zero-order chi connectivity index (χ0) is 22.3. The molecule has 2 amide bonds. The van der Waals surface area contributed by atoms with E-state index in [1.807, 2.05) is 0 Å². The number of furan rings is 1. The van der Waals surface area contributed by atoms with Gasteiger partial charge in [-0.3, -0.25) is 19.9 Å². The number of thioether (sulfide) groups is 1. The summed E-state index contributed by atoms with van der Waals surface area (Å²) in [5.41, 5.74) is 1.57. The second-order valence-corrected chi connectivity index (χ2v) is 10.2. The van der Waals surface area contributed by atoms with E-state index in [-0.39, 0.29) is 20.9 Å². The Bertz CT molecular complexity index is 1360. The van der Waals surface area contributed by atoms with Crippen molar-refractivity contribution < 1.29 is 22.4 Å². The monoisotopic (exact) mass is 477 g/mol. The molecule has 11 heteroatoms. The van der Waals surface area contributed by atoms with E-state index >= 15 is 0 Å². The molecule has 1 aromatic carbocycles. The van der Waals surface area contributed by atoms with E-state index in [1.165, 1.54) is 18.2 Å². The first-order valence-corrected chi connectivity index (χ1v) is 11.8. The Morgan fingerprint density at radius 3 is 2.61 bits per heavy atom. The fourth-order valence-electron chi connectivity index (χ4n) is 3.06. The van der Waals surface area contributed by atoms with Gasteiger partial charge < -0.3 is 4.42 Å². The fraction of sp³-hybridized carbons (Fsp3) is 0.150. The number of imide groups is 1. The highest BCUT2D eigenvalue weighted by atomic mass is 35.5. The number of fused-ring (bicyclic) bond motifs is 1. The zero-order valence-electron chi connectivity index (χ0n) is 16.3. The minimum atomic E-state index is -3.69. The molecule has 0 spiro atoms. The van der Waals surface area contributed by atoms with Crippen LogP contribution in [0.5, 0.6) is 0 Å². The van der Waals surface area contributed by atoms with E-state index in [0.717, 1.165) is 11.8 Å². The van der Waals surface area contributed by atoms with Crippen LogP contribution >= 0.6 is 23.4 Å². The number of carbonyl (C=O) groups excluding carboxylic acids is 2. The molecule has 1 aliphatic rings. The van der Waals surface area contributed by atoms with Gasteiger partial charge in [0, 0.05) is 46.0 Å². The van der Waals surface area contributed by atoms with Crippen molar-refractivity contribution in [1.29, 1.82) is 0 Å². The Morgan fingerprint density at radius 2 is 1.97 bits per heavy atom. The van der Waals surface area contributed by atoms with Gasteiger partial charge in [0.1, 0.15) is 11.3 Å². The molecule has 3 aromatic rings. The number of hydrogen-bond acceptors (Lipinski definition) is 7. The summed E-state index contributed by atoms with van der Waals surface area (Å²) in [6, 6.07) is 5.86. The molecule has 4 rings (SSSR count). The normalized spacial score (nSPS) is 15.9. The third-order valence-electron chi connectivity index (χ3n) is 4.29. The Labute approximate surface area is 187 Å².